The lowest BCUT2D eigenvalue weighted by Gasteiger charge is -2.19. The molecule has 0 spiro atoms. The maximum Gasteiger partial charge on any atom is 0.253 e. The quantitative estimate of drug-likeness (QED) is 0.703. The summed E-state index contributed by atoms with van der Waals surface area (Å²) >= 11 is 0. The Bertz CT molecular complexity index is 976. The van der Waals surface area contributed by atoms with Gasteiger partial charge in [0.25, 0.3) is 5.91 Å². The fraction of sp³-hybridized carbons (Fsp3) is 0.182. The van der Waals surface area contributed by atoms with Gasteiger partial charge in [0.2, 0.25) is 0 Å². The van der Waals surface area contributed by atoms with E-state index < -0.39 is 0 Å². The Morgan fingerprint density at radius 2 is 1.75 bits per heavy atom. The van der Waals surface area contributed by atoms with Crippen LogP contribution in [0.25, 0.3) is 0 Å². The van der Waals surface area contributed by atoms with Crippen molar-refractivity contribution in [1.82, 2.24) is 10.3 Å². The monoisotopic (exact) mass is 375 g/mol. The summed E-state index contributed by atoms with van der Waals surface area (Å²) < 4.78 is 11.1. The molecule has 2 N–H and O–H groups in total. The van der Waals surface area contributed by atoms with Crippen LogP contribution >= 0.6 is 0 Å². The first-order valence-electron chi connectivity index (χ1n) is 9.16. The minimum absolute atomic E-state index is 0.0943. The molecular weight excluding hydrogens is 354 g/mol. The highest BCUT2D eigenvalue weighted by atomic mass is 16.6. The Hall–Kier alpha value is -3.54. The molecule has 0 saturated heterocycles. The number of nitrogens with one attached hydrogen (secondary N) is 2. The highest BCUT2D eigenvalue weighted by Crippen LogP contribution is 2.33. The van der Waals surface area contributed by atoms with Crippen molar-refractivity contribution in [2.45, 2.75) is 13.0 Å². The minimum Gasteiger partial charge on any atom is -0.486 e. The molecule has 1 atom stereocenters. The molecule has 0 saturated carbocycles. The van der Waals surface area contributed by atoms with Crippen molar-refractivity contribution in [1.29, 1.82) is 0 Å². The van der Waals surface area contributed by atoms with E-state index in [0.717, 1.165) is 22.7 Å². The molecule has 4 rings (SSSR count). The van der Waals surface area contributed by atoms with E-state index in [1.807, 2.05) is 55.5 Å². The van der Waals surface area contributed by atoms with Crippen LogP contribution in [0.4, 0.5) is 11.4 Å². The van der Waals surface area contributed by atoms with Gasteiger partial charge in [-0.1, -0.05) is 30.3 Å². The zero-order chi connectivity index (χ0) is 19.3. The smallest absolute Gasteiger partial charge is 0.253 e. The number of hydrogen-bond acceptors (Lipinski definition) is 5. The number of carbonyl (C=O) groups is 1. The lowest BCUT2D eigenvalue weighted by Crippen LogP contribution is -2.26. The van der Waals surface area contributed by atoms with Gasteiger partial charge in [0.15, 0.2) is 11.5 Å². The number of pyridine rings is 1. The molecule has 0 bridgehead atoms. The summed E-state index contributed by atoms with van der Waals surface area (Å²) in [5, 5.41) is 6.26. The third kappa shape index (κ3) is 4.06. The predicted molar refractivity (Wildman–Crippen MR) is 107 cm³/mol. The number of anilines is 2. The average molecular weight is 375 g/mol. The number of ether oxygens (including phenoxy) is 2. The van der Waals surface area contributed by atoms with E-state index in [2.05, 4.69) is 15.6 Å². The van der Waals surface area contributed by atoms with Gasteiger partial charge >= 0.3 is 0 Å². The predicted octanol–water partition coefficient (Wildman–Crippen LogP) is 4.09. The molecule has 1 aliphatic rings. The molecule has 0 fully saturated rings. The van der Waals surface area contributed by atoms with E-state index in [1.54, 1.807) is 18.5 Å². The Morgan fingerprint density at radius 3 is 2.57 bits per heavy atom. The van der Waals surface area contributed by atoms with E-state index in [0.29, 0.717) is 24.5 Å². The van der Waals surface area contributed by atoms with E-state index in [4.69, 9.17) is 9.47 Å². The van der Waals surface area contributed by atoms with Crippen LogP contribution in [-0.4, -0.2) is 24.1 Å². The summed E-state index contributed by atoms with van der Waals surface area (Å²) in [5.74, 6) is 1.27. The number of hydrogen-bond donors (Lipinski definition) is 2. The normalized spacial score (nSPS) is 13.5. The number of carbonyl (C=O) groups excluding carboxylic acids is 1. The van der Waals surface area contributed by atoms with Crippen molar-refractivity contribution in [2.24, 2.45) is 0 Å². The number of rotatable bonds is 5. The van der Waals surface area contributed by atoms with E-state index in [-0.39, 0.29) is 11.9 Å². The highest BCUT2D eigenvalue weighted by molar-refractivity contribution is 5.95. The van der Waals surface area contributed by atoms with Crippen molar-refractivity contribution in [2.75, 3.05) is 18.5 Å². The van der Waals surface area contributed by atoms with Gasteiger partial charge in [0, 0.05) is 18.0 Å². The van der Waals surface area contributed by atoms with Gasteiger partial charge in [-0.25, -0.2) is 0 Å². The summed E-state index contributed by atoms with van der Waals surface area (Å²) in [6.07, 6.45) is 3.23. The maximum atomic E-state index is 12.6. The van der Waals surface area contributed by atoms with Gasteiger partial charge in [0.1, 0.15) is 13.2 Å². The minimum atomic E-state index is -0.172. The summed E-state index contributed by atoms with van der Waals surface area (Å²) in [4.78, 5) is 16.8. The first-order chi connectivity index (χ1) is 13.7. The lowest BCUT2D eigenvalue weighted by molar-refractivity contribution is 0.0939. The third-order valence-corrected chi connectivity index (χ3v) is 4.48. The van der Waals surface area contributed by atoms with Crippen LogP contribution in [0.3, 0.4) is 0 Å². The molecule has 0 aliphatic carbocycles. The van der Waals surface area contributed by atoms with Crippen molar-refractivity contribution >= 4 is 17.3 Å². The van der Waals surface area contributed by atoms with Gasteiger partial charge in [-0.3, -0.25) is 9.78 Å². The molecule has 1 unspecified atom stereocenters. The number of benzene rings is 2. The van der Waals surface area contributed by atoms with E-state index in [9.17, 15) is 4.79 Å². The lowest BCUT2D eigenvalue weighted by atomic mass is 10.1. The molecule has 1 amide bonds. The van der Waals surface area contributed by atoms with Gasteiger partial charge in [-0.15, -0.1) is 0 Å². The average Bonchev–Trinajstić information content (AvgIpc) is 2.74. The molecule has 3 aromatic rings. The molecule has 6 nitrogen and oxygen atoms in total. The first-order valence-corrected chi connectivity index (χ1v) is 9.16. The van der Waals surface area contributed by atoms with Crippen molar-refractivity contribution in [3.8, 4) is 11.5 Å². The SMILES string of the molecule is CC(NC(=O)c1cncc(Nc2ccc3c(c2)OCCO3)c1)c1ccccc1. The number of nitrogens with zero attached hydrogens (tertiary/aromatic N) is 1. The van der Waals surface area contributed by atoms with Crippen LogP contribution < -0.4 is 20.1 Å². The Balaban J connectivity index is 1.46. The maximum absolute atomic E-state index is 12.6. The molecule has 6 heteroatoms. The van der Waals surface area contributed by atoms with Crippen LogP contribution in [0.2, 0.25) is 0 Å². The van der Waals surface area contributed by atoms with Crippen LogP contribution in [0, 0.1) is 0 Å². The fourth-order valence-corrected chi connectivity index (χ4v) is 3.03. The third-order valence-electron chi connectivity index (χ3n) is 4.48. The number of amides is 1. The molecule has 2 aromatic carbocycles. The van der Waals surface area contributed by atoms with Gasteiger partial charge in [-0.05, 0) is 30.7 Å². The summed E-state index contributed by atoms with van der Waals surface area (Å²) in [5.41, 5.74) is 3.10. The first kappa shape index (κ1) is 17.9. The zero-order valence-electron chi connectivity index (χ0n) is 15.5. The number of fused-ring (bicyclic) bond motifs is 1. The van der Waals surface area contributed by atoms with Crippen LogP contribution in [-0.2, 0) is 0 Å². The molecule has 0 radical (unpaired) electrons. The number of aromatic nitrogens is 1. The molecule has 1 aromatic heterocycles. The summed E-state index contributed by atoms with van der Waals surface area (Å²) in [6.45, 7) is 3.05. The van der Waals surface area contributed by atoms with E-state index in [1.165, 1.54) is 0 Å². The second-order valence-corrected chi connectivity index (χ2v) is 6.55. The van der Waals surface area contributed by atoms with Gasteiger partial charge in [0.05, 0.1) is 23.5 Å². The van der Waals surface area contributed by atoms with Gasteiger partial charge < -0.3 is 20.1 Å². The fourth-order valence-electron chi connectivity index (χ4n) is 3.03. The molecule has 28 heavy (non-hydrogen) atoms. The summed E-state index contributed by atoms with van der Waals surface area (Å²) in [7, 11) is 0. The van der Waals surface area contributed by atoms with E-state index >= 15 is 0 Å². The van der Waals surface area contributed by atoms with Crippen molar-refractivity contribution in [3.05, 3.63) is 78.1 Å². The highest BCUT2D eigenvalue weighted by Gasteiger charge is 2.14. The topological polar surface area (TPSA) is 72.5 Å². The Morgan fingerprint density at radius 1 is 0.964 bits per heavy atom. The van der Waals surface area contributed by atoms with Crippen LogP contribution in [0.1, 0.15) is 28.9 Å². The standard InChI is InChI=1S/C22H21N3O3/c1-15(16-5-3-2-4-6-16)24-22(26)17-11-19(14-23-13-17)25-18-7-8-20-21(12-18)28-10-9-27-20/h2-8,11-15,25H,9-10H2,1H3,(H,24,26). The molecule has 142 valence electrons. The second kappa shape index (κ2) is 8.00. The summed E-state index contributed by atoms with van der Waals surface area (Å²) in [6, 6.07) is 17.2. The molecular formula is C22H21N3O3. The second-order valence-electron chi connectivity index (χ2n) is 6.55. The van der Waals surface area contributed by atoms with Crippen LogP contribution in [0.5, 0.6) is 11.5 Å². The van der Waals surface area contributed by atoms with Crippen molar-refractivity contribution < 1.29 is 14.3 Å². The van der Waals surface area contributed by atoms with Crippen LogP contribution in [0.15, 0.2) is 67.0 Å². The Kier molecular flexibility index (Phi) is 5.10. The van der Waals surface area contributed by atoms with Gasteiger partial charge in [-0.2, -0.15) is 0 Å². The largest absolute Gasteiger partial charge is 0.486 e. The molecule has 1 aliphatic heterocycles. The Labute approximate surface area is 163 Å². The van der Waals surface area contributed by atoms with Crippen molar-refractivity contribution in [3.63, 3.8) is 0 Å². The zero-order valence-corrected chi connectivity index (χ0v) is 15.5. The molecule has 2 heterocycles.